The van der Waals surface area contributed by atoms with E-state index in [0.717, 1.165) is 22.5 Å². The Hall–Kier alpha value is -3.59. The molecule has 1 aromatic heterocycles. The smallest absolute Gasteiger partial charge is 0.251 e. The standard InChI is InChI=1S/C21H16ClN3O2S.2CH3NOS.CH4.H2O/c22-17-12-10-16(11-13-17)20-14-18(15-6-2-1-3-7-15)24-25(20)19-8-4-5-9-21(19)28(23,26)27;2*2-1(3)4;;/h1-14H,(H2,23,26,27);2*(H3,2,3,4);1H4;1H2. The minimum atomic E-state index is -3.92. The molecule has 0 amide bonds. The molecule has 0 fully saturated rings. The average molecular weight is 598 g/mol. The molecule has 10 nitrogen and oxygen atoms in total. The summed E-state index contributed by atoms with van der Waals surface area (Å²) in [7, 11) is -3.92. The molecule has 1 heterocycles. The Kier molecular flexibility index (Phi) is 14.1. The lowest BCUT2D eigenvalue weighted by molar-refractivity contribution is 0.559. The van der Waals surface area contributed by atoms with E-state index in [1.807, 2.05) is 48.5 Å². The van der Waals surface area contributed by atoms with Gasteiger partial charge < -0.3 is 27.2 Å². The van der Waals surface area contributed by atoms with Crippen LogP contribution in [0.1, 0.15) is 7.43 Å². The topological polar surface area (TPSA) is 202 Å². The monoisotopic (exact) mass is 597 g/mol. The van der Waals surface area contributed by atoms with Crippen LogP contribution in [-0.2, 0) is 10.0 Å². The van der Waals surface area contributed by atoms with Crippen molar-refractivity contribution in [3.63, 3.8) is 0 Å². The Morgan fingerprint density at radius 1 is 0.842 bits per heavy atom. The summed E-state index contributed by atoms with van der Waals surface area (Å²) in [6.45, 7) is 0. The molecule has 0 spiro atoms. The number of aromatic nitrogens is 2. The molecule has 0 unspecified atom stereocenters. The number of aliphatic hydroxyl groups is 2. The third kappa shape index (κ3) is 10.4. The van der Waals surface area contributed by atoms with Gasteiger partial charge in [-0.05, 0) is 54.8 Å². The van der Waals surface area contributed by atoms with Crippen LogP contribution < -0.4 is 16.6 Å². The highest BCUT2D eigenvalue weighted by Gasteiger charge is 2.20. The molecule has 0 radical (unpaired) electrons. The Bertz CT molecular complexity index is 1430. The first-order valence-corrected chi connectivity index (χ1v) is 12.6. The summed E-state index contributed by atoms with van der Waals surface area (Å²) in [6, 6.07) is 25.4. The van der Waals surface area contributed by atoms with Crippen molar-refractivity contribution in [1.82, 2.24) is 9.78 Å². The third-order valence-corrected chi connectivity index (χ3v) is 5.53. The predicted octanol–water partition coefficient (Wildman–Crippen LogP) is 3.89. The number of aliphatic hydroxyl groups excluding tert-OH is 2. The summed E-state index contributed by atoms with van der Waals surface area (Å²) in [5.74, 6) is 0. The van der Waals surface area contributed by atoms with E-state index in [2.05, 4.69) is 41.0 Å². The molecule has 0 aliphatic rings. The van der Waals surface area contributed by atoms with Gasteiger partial charge in [-0.3, -0.25) is 0 Å². The molecule has 14 heteroatoms. The average Bonchev–Trinajstić information content (AvgIpc) is 3.24. The van der Waals surface area contributed by atoms with Crippen molar-refractivity contribution in [2.75, 3.05) is 0 Å². The maximum absolute atomic E-state index is 12.1. The number of nitrogens with two attached hydrogens (primary N) is 3. The van der Waals surface area contributed by atoms with Crippen LogP contribution in [0.4, 0.5) is 0 Å². The van der Waals surface area contributed by atoms with Crippen LogP contribution in [0.15, 0.2) is 89.8 Å². The molecule has 4 rings (SSSR count). The van der Waals surface area contributed by atoms with E-state index in [-0.39, 0.29) is 17.8 Å². The van der Waals surface area contributed by atoms with Crippen molar-refractivity contribution in [2.24, 2.45) is 16.6 Å². The molecular weight excluding hydrogens is 570 g/mol. The number of halogens is 1. The zero-order valence-electron chi connectivity index (χ0n) is 19.0. The van der Waals surface area contributed by atoms with Gasteiger partial charge in [-0.2, -0.15) is 5.10 Å². The highest BCUT2D eigenvalue weighted by atomic mass is 35.5. The van der Waals surface area contributed by atoms with Crippen molar-refractivity contribution in [3.05, 3.63) is 90.0 Å². The molecular formula is C24H28ClN5O5S3. The van der Waals surface area contributed by atoms with Gasteiger partial charge in [-0.15, -0.1) is 0 Å². The summed E-state index contributed by atoms with van der Waals surface area (Å²) in [4.78, 5) is 0.00734. The lowest BCUT2D eigenvalue weighted by Crippen LogP contribution is -2.16. The lowest BCUT2D eigenvalue weighted by atomic mass is 10.1. The van der Waals surface area contributed by atoms with Gasteiger partial charge in [0.25, 0.3) is 10.3 Å². The van der Waals surface area contributed by atoms with Gasteiger partial charge in [0, 0.05) is 16.1 Å². The summed E-state index contributed by atoms with van der Waals surface area (Å²) >= 11 is 13.8. The van der Waals surface area contributed by atoms with Crippen molar-refractivity contribution >= 4 is 56.4 Å². The van der Waals surface area contributed by atoms with Crippen LogP contribution >= 0.6 is 36.0 Å². The molecule has 0 saturated carbocycles. The molecule has 0 atom stereocenters. The fourth-order valence-electron chi connectivity index (χ4n) is 3.01. The number of nitrogens with zero attached hydrogens (tertiary/aromatic N) is 2. The van der Waals surface area contributed by atoms with Gasteiger partial charge in [0.2, 0.25) is 10.0 Å². The maximum atomic E-state index is 12.1. The van der Waals surface area contributed by atoms with Crippen LogP contribution in [0.3, 0.4) is 0 Å². The van der Waals surface area contributed by atoms with Crippen LogP contribution in [0, 0.1) is 0 Å². The third-order valence-electron chi connectivity index (χ3n) is 4.32. The van der Waals surface area contributed by atoms with Gasteiger partial charge in [0.1, 0.15) is 4.90 Å². The Balaban J connectivity index is 0.00000121. The predicted molar refractivity (Wildman–Crippen MR) is 160 cm³/mol. The van der Waals surface area contributed by atoms with Crippen LogP contribution in [0.5, 0.6) is 0 Å². The van der Waals surface area contributed by atoms with Crippen LogP contribution in [0.2, 0.25) is 5.02 Å². The second kappa shape index (κ2) is 15.6. The van der Waals surface area contributed by atoms with Crippen molar-refractivity contribution < 1.29 is 24.1 Å². The number of primary sulfonamides is 1. The minimum absolute atomic E-state index is 0. The number of sulfonamides is 1. The van der Waals surface area contributed by atoms with Crippen molar-refractivity contribution in [3.8, 4) is 28.2 Å². The van der Waals surface area contributed by atoms with Crippen molar-refractivity contribution in [2.45, 2.75) is 12.3 Å². The lowest BCUT2D eigenvalue weighted by Gasteiger charge is -2.11. The SMILES string of the molecule is C.NC(O)=S.NC(O)=S.NS(=O)(=O)c1ccccc1-n1nc(-c2ccccc2)cc1-c1ccc(Cl)cc1.O. The summed E-state index contributed by atoms with van der Waals surface area (Å²) < 4.78 is 25.8. The van der Waals surface area contributed by atoms with Gasteiger partial charge >= 0.3 is 0 Å². The number of benzene rings is 3. The molecule has 0 saturated heterocycles. The first-order valence-electron chi connectivity index (χ1n) is 9.90. The van der Waals surface area contributed by atoms with Gasteiger partial charge in [0.05, 0.1) is 17.1 Å². The maximum Gasteiger partial charge on any atom is 0.251 e. The second-order valence-corrected chi connectivity index (χ2v) is 9.69. The zero-order valence-corrected chi connectivity index (χ0v) is 22.2. The highest BCUT2D eigenvalue weighted by molar-refractivity contribution is 7.89. The number of hydrogen-bond donors (Lipinski definition) is 5. The van der Waals surface area contributed by atoms with Crippen molar-refractivity contribution in [1.29, 1.82) is 0 Å². The van der Waals surface area contributed by atoms with E-state index in [4.69, 9.17) is 27.0 Å². The Morgan fingerprint density at radius 3 is 1.82 bits per heavy atom. The van der Waals surface area contributed by atoms with Crippen LogP contribution in [-0.4, -0.2) is 44.2 Å². The van der Waals surface area contributed by atoms with Crippen LogP contribution in [0.25, 0.3) is 28.2 Å². The molecule has 4 aromatic rings. The normalized spacial score (nSPS) is 9.74. The fourth-order valence-corrected chi connectivity index (χ4v) is 3.85. The first-order chi connectivity index (χ1) is 16.9. The van der Waals surface area contributed by atoms with E-state index in [1.54, 1.807) is 35.0 Å². The first kappa shape index (κ1) is 34.4. The fraction of sp³-hybridized carbons (Fsp3) is 0.0417. The molecule has 0 aliphatic carbocycles. The molecule has 38 heavy (non-hydrogen) atoms. The quantitative estimate of drug-likeness (QED) is 0.216. The summed E-state index contributed by atoms with van der Waals surface area (Å²) in [6.07, 6.45) is 0. The highest BCUT2D eigenvalue weighted by Crippen LogP contribution is 2.31. The number of rotatable bonds is 4. The molecule has 204 valence electrons. The summed E-state index contributed by atoms with van der Waals surface area (Å²) in [5.41, 5.74) is 12.4. The summed E-state index contributed by atoms with van der Waals surface area (Å²) in [5, 5.41) is 24.9. The largest absolute Gasteiger partial charge is 0.487 e. The zero-order chi connectivity index (χ0) is 26.9. The van der Waals surface area contributed by atoms with E-state index < -0.39 is 20.4 Å². The minimum Gasteiger partial charge on any atom is -0.487 e. The Morgan fingerprint density at radius 2 is 1.32 bits per heavy atom. The number of para-hydroxylation sites is 1. The second-order valence-electron chi connectivity index (χ2n) is 6.89. The van der Waals surface area contributed by atoms with E-state index in [1.165, 1.54) is 6.07 Å². The molecule has 10 N–H and O–H groups in total. The molecule has 3 aromatic carbocycles. The van der Waals surface area contributed by atoms with Gasteiger partial charge in [-0.25, -0.2) is 18.2 Å². The van der Waals surface area contributed by atoms with E-state index in [0.29, 0.717) is 10.7 Å². The Labute approximate surface area is 236 Å². The van der Waals surface area contributed by atoms with E-state index in [9.17, 15) is 8.42 Å². The number of hydrogen-bond acceptors (Lipinski definition) is 5. The molecule has 0 aliphatic heterocycles. The van der Waals surface area contributed by atoms with E-state index >= 15 is 0 Å². The number of thiocarbonyl (C=S) groups is 2. The van der Waals surface area contributed by atoms with Gasteiger partial charge in [0.15, 0.2) is 0 Å². The van der Waals surface area contributed by atoms with Gasteiger partial charge in [-0.1, -0.05) is 73.6 Å². The molecule has 0 bridgehead atoms.